The zero-order valence-corrected chi connectivity index (χ0v) is 10.9. The van der Waals surface area contributed by atoms with Gasteiger partial charge >= 0.3 is 0 Å². The van der Waals surface area contributed by atoms with E-state index in [4.69, 9.17) is 5.73 Å². The van der Waals surface area contributed by atoms with Crippen LogP contribution in [0.4, 0.5) is 5.82 Å². The highest BCUT2D eigenvalue weighted by Crippen LogP contribution is 2.32. The Morgan fingerprint density at radius 1 is 1.47 bits per heavy atom. The average molecular weight is 233 g/mol. The Morgan fingerprint density at radius 2 is 2.29 bits per heavy atom. The molecule has 1 aromatic rings. The van der Waals surface area contributed by atoms with Gasteiger partial charge in [-0.3, -0.25) is 4.90 Å². The summed E-state index contributed by atoms with van der Waals surface area (Å²) in [6.07, 6.45) is 7.11. The van der Waals surface area contributed by atoms with Crippen molar-refractivity contribution in [3.63, 3.8) is 0 Å². The van der Waals surface area contributed by atoms with Gasteiger partial charge in [0.05, 0.1) is 0 Å². The highest BCUT2D eigenvalue weighted by Gasteiger charge is 2.24. The van der Waals surface area contributed by atoms with Crippen molar-refractivity contribution >= 4 is 5.82 Å². The van der Waals surface area contributed by atoms with E-state index in [1.807, 2.05) is 12.3 Å². The number of likely N-dealkylation sites (tertiary alicyclic amines) is 1. The molecule has 94 valence electrons. The van der Waals surface area contributed by atoms with Crippen molar-refractivity contribution in [2.75, 3.05) is 18.8 Å². The third kappa shape index (κ3) is 2.78. The van der Waals surface area contributed by atoms with Gasteiger partial charge in [-0.2, -0.15) is 0 Å². The van der Waals surface area contributed by atoms with Gasteiger partial charge < -0.3 is 5.73 Å². The predicted molar refractivity (Wildman–Crippen MR) is 71.8 cm³/mol. The minimum Gasteiger partial charge on any atom is -0.384 e. The summed E-state index contributed by atoms with van der Waals surface area (Å²) in [5.41, 5.74) is 8.38. The monoisotopic (exact) mass is 233 g/mol. The van der Waals surface area contributed by atoms with Crippen LogP contribution in [0.2, 0.25) is 0 Å². The summed E-state index contributed by atoms with van der Waals surface area (Å²) in [7, 11) is 0. The molecule has 0 bridgehead atoms. The van der Waals surface area contributed by atoms with Crippen LogP contribution in [0.1, 0.15) is 49.8 Å². The van der Waals surface area contributed by atoms with E-state index in [1.54, 1.807) is 0 Å². The molecule has 0 radical (unpaired) electrons. The molecule has 1 aliphatic rings. The van der Waals surface area contributed by atoms with Gasteiger partial charge in [-0.1, -0.05) is 13.3 Å². The van der Waals surface area contributed by atoms with E-state index < -0.39 is 0 Å². The molecule has 2 rings (SSSR count). The van der Waals surface area contributed by atoms with Gasteiger partial charge in [0, 0.05) is 12.2 Å². The van der Waals surface area contributed by atoms with Crippen molar-refractivity contribution in [1.82, 2.24) is 9.88 Å². The molecule has 3 heteroatoms. The molecular weight excluding hydrogens is 210 g/mol. The zero-order chi connectivity index (χ0) is 12.3. The van der Waals surface area contributed by atoms with Crippen molar-refractivity contribution in [2.24, 2.45) is 0 Å². The van der Waals surface area contributed by atoms with Crippen LogP contribution in [0.3, 0.4) is 0 Å². The lowest BCUT2D eigenvalue weighted by molar-refractivity contribution is 0.148. The van der Waals surface area contributed by atoms with Gasteiger partial charge in [0.15, 0.2) is 0 Å². The fourth-order valence-electron chi connectivity index (χ4n) is 2.84. The smallest absolute Gasteiger partial charge is 0.123 e. The van der Waals surface area contributed by atoms with Gasteiger partial charge in [0.1, 0.15) is 5.82 Å². The van der Waals surface area contributed by atoms with Crippen molar-refractivity contribution in [3.05, 3.63) is 23.4 Å². The van der Waals surface area contributed by atoms with E-state index in [2.05, 4.69) is 23.7 Å². The quantitative estimate of drug-likeness (QED) is 0.873. The van der Waals surface area contributed by atoms with Crippen molar-refractivity contribution < 1.29 is 0 Å². The molecule has 0 saturated carbocycles. The Bertz CT molecular complexity index is 374. The predicted octanol–water partition coefficient (Wildman–Crippen LogP) is 2.91. The first-order chi connectivity index (χ1) is 8.22. The van der Waals surface area contributed by atoms with Crippen LogP contribution in [-0.2, 0) is 0 Å². The average Bonchev–Trinajstić information content (AvgIpc) is 2.31. The lowest BCUT2D eigenvalue weighted by Crippen LogP contribution is -2.34. The molecule has 1 aromatic heterocycles. The van der Waals surface area contributed by atoms with E-state index in [1.165, 1.54) is 49.9 Å². The molecule has 1 saturated heterocycles. The maximum absolute atomic E-state index is 5.73. The largest absolute Gasteiger partial charge is 0.384 e. The van der Waals surface area contributed by atoms with Crippen LogP contribution < -0.4 is 5.73 Å². The number of rotatable bonds is 3. The molecule has 2 N–H and O–H groups in total. The third-order valence-electron chi connectivity index (χ3n) is 3.66. The minimum atomic E-state index is 0.553. The molecule has 1 fully saturated rings. The second-order valence-electron chi connectivity index (χ2n) is 5.01. The SMILES string of the molecule is CCCN1CCCC[C@H]1c1cnc(N)cc1C. The number of hydrogen-bond donors (Lipinski definition) is 1. The van der Waals surface area contributed by atoms with Crippen LogP contribution in [0, 0.1) is 6.92 Å². The standard InChI is InChI=1S/C14H23N3/c1-3-7-17-8-5-4-6-13(17)12-10-16-14(15)9-11(12)2/h9-10,13H,3-8H2,1-2H3,(H2,15,16)/t13-/m0/s1. The highest BCUT2D eigenvalue weighted by atomic mass is 15.2. The summed E-state index contributed by atoms with van der Waals surface area (Å²) in [4.78, 5) is 6.86. The summed E-state index contributed by atoms with van der Waals surface area (Å²) >= 11 is 0. The lowest BCUT2D eigenvalue weighted by Gasteiger charge is -2.36. The fraction of sp³-hybridized carbons (Fsp3) is 0.643. The second-order valence-corrected chi connectivity index (χ2v) is 5.01. The number of aryl methyl sites for hydroxylation is 1. The first kappa shape index (κ1) is 12.4. The number of anilines is 1. The summed E-state index contributed by atoms with van der Waals surface area (Å²) in [6.45, 7) is 6.81. The maximum Gasteiger partial charge on any atom is 0.123 e. The summed E-state index contributed by atoms with van der Waals surface area (Å²) in [5, 5.41) is 0. The topological polar surface area (TPSA) is 42.2 Å². The second kappa shape index (κ2) is 5.50. The van der Waals surface area contributed by atoms with Gasteiger partial charge in [0.25, 0.3) is 0 Å². The first-order valence-electron chi connectivity index (χ1n) is 6.68. The van der Waals surface area contributed by atoms with Gasteiger partial charge in [-0.15, -0.1) is 0 Å². The third-order valence-corrected chi connectivity index (χ3v) is 3.66. The summed E-state index contributed by atoms with van der Waals surface area (Å²) in [6, 6.07) is 2.55. The van der Waals surface area contributed by atoms with Crippen LogP contribution >= 0.6 is 0 Å². The molecule has 3 nitrogen and oxygen atoms in total. The minimum absolute atomic E-state index is 0.553. The van der Waals surface area contributed by atoms with Gasteiger partial charge in [0.2, 0.25) is 0 Å². The Morgan fingerprint density at radius 3 is 3.00 bits per heavy atom. The molecule has 1 aliphatic heterocycles. The van der Waals surface area contributed by atoms with E-state index >= 15 is 0 Å². The molecule has 0 aromatic carbocycles. The number of hydrogen-bond acceptors (Lipinski definition) is 3. The van der Waals surface area contributed by atoms with E-state index in [-0.39, 0.29) is 0 Å². The Labute approximate surface area is 104 Å². The number of nitrogens with two attached hydrogens (primary N) is 1. The molecular formula is C14H23N3. The molecule has 2 heterocycles. The van der Waals surface area contributed by atoms with E-state index in [9.17, 15) is 0 Å². The molecule has 0 amide bonds. The zero-order valence-electron chi connectivity index (χ0n) is 10.9. The number of piperidine rings is 1. The normalized spacial score (nSPS) is 21.6. The lowest BCUT2D eigenvalue weighted by atomic mass is 9.93. The number of pyridine rings is 1. The summed E-state index contributed by atoms with van der Waals surface area (Å²) < 4.78 is 0. The Hall–Kier alpha value is -1.09. The molecule has 0 unspecified atom stereocenters. The number of aromatic nitrogens is 1. The Balaban J connectivity index is 2.23. The fourth-order valence-corrected chi connectivity index (χ4v) is 2.84. The van der Waals surface area contributed by atoms with E-state index in [0.29, 0.717) is 11.9 Å². The van der Waals surface area contributed by atoms with E-state index in [0.717, 1.165) is 0 Å². The molecule has 0 aliphatic carbocycles. The maximum atomic E-state index is 5.73. The molecule has 0 spiro atoms. The highest BCUT2D eigenvalue weighted by molar-refractivity contribution is 5.37. The Kier molecular flexibility index (Phi) is 4.00. The summed E-state index contributed by atoms with van der Waals surface area (Å²) in [5.74, 6) is 0.629. The van der Waals surface area contributed by atoms with Crippen LogP contribution in [0.15, 0.2) is 12.3 Å². The van der Waals surface area contributed by atoms with Crippen molar-refractivity contribution in [3.8, 4) is 0 Å². The van der Waals surface area contributed by atoms with Crippen LogP contribution in [-0.4, -0.2) is 23.0 Å². The van der Waals surface area contributed by atoms with Crippen LogP contribution in [0.25, 0.3) is 0 Å². The van der Waals surface area contributed by atoms with Crippen LogP contribution in [0.5, 0.6) is 0 Å². The van der Waals surface area contributed by atoms with Crippen molar-refractivity contribution in [1.29, 1.82) is 0 Å². The van der Waals surface area contributed by atoms with Gasteiger partial charge in [-0.05, 0) is 56.5 Å². The number of nitrogen functional groups attached to an aromatic ring is 1. The molecule has 17 heavy (non-hydrogen) atoms. The van der Waals surface area contributed by atoms with Crippen molar-refractivity contribution in [2.45, 2.75) is 45.6 Å². The van der Waals surface area contributed by atoms with Gasteiger partial charge in [-0.25, -0.2) is 4.98 Å². The first-order valence-corrected chi connectivity index (χ1v) is 6.68. The molecule has 1 atom stereocenters. The number of nitrogens with zero attached hydrogens (tertiary/aromatic N) is 2.